The number of hydrogen-bond donors (Lipinski definition) is 1. The van der Waals surface area contributed by atoms with Gasteiger partial charge in [-0.05, 0) is 22.0 Å². The Morgan fingerprint density at radius 2 is 2.16 bits per heavy atom. The quantitative estimate of drug-likeness (QED) is 0.565. The fourth-order valence-electron chi connectivity index (χ4n) is 2.06. The minimum atomic E-state index is -1.20. The van der Waals surface area contributed by atoms with Crippen LogP contribution in [0.3, 0.4) is 0 Å². The monoisotopic (exact) mass is 341 g/mol. The summed E-state index contributed by atoms with van der Waals surface area (Å²) < 4.78 is 6.46. The summed E-state index contributed by atoms with van der Waals surface area (Å²) in [6.07, 6.45) is 2.99. The van der Waals surface area contributed by atoms with Gasteiger partial charge in [0.05, 0.1) is 11.9 Å². The van der Waals surface area contributed by atoms with Crippen molar-refractivity contribution in [3.63, 3.8) is 0 Å². The summed E-state index contributed by atoms with van der Waals surface area (Å²) in [5.74, 6) is 0.525. The summed E-state index contributed by atoms with van der Waals surface area (Å²) >= 11 is 0. The molecule has 0 amide bonds. The Kier molecular flexibility index (Phi) is 4.08. The first-order valence-corrected chi connectivity index (χ1v) is 6.98. The van der Waals surface area contributed by atoms with Crippen molar-refractivity contribution in [1.29, 1.82) is 0 Å². The normalized spacial score (nSPS) is 10.4. The number of carbonyl (C=O) groups is 1. The lowest BCUT2D eigenvalue weighted by atomic mass is 10.2. The molecule has 3 heterocycles. The van der Waals surface area contributed by atoms with E-state index in [1.54, 1.807) is 19.1 Å². The zero-order valence-electron chi connectivity index (χ0n) is 12.9. The maximum absolute atomic E-state index is 10.9. The largest absolute Gasteiger partial charge is 0.463 e. The van der Waals surface area contributed by atoms with E-state index >= 15 is 0 Å². The van der Waals surface area contributed by atoms with Gasteiger partial charge in [0, 0.05) is 37.0 Å². The molecule has 0 aliphatic rings. The Morgan fingerprint density at radius 1 is 1.36 bits per heavy atom. The summed E-state index contributed by atoms with van der Waals surface area (Å²) in [7, 11) is 0. The Balaban J connectivity index is 1.87. The van der Waals surface area contributed by atoms with Crippen LogP contribution in [0.15, 0.2) is 42.9 Å². The molecule has 0 radical (unpaired) electrons. The molecule has 126 valence electrons. The van der Waals surface area contributed by atoms with Crippen LogP contribution in [0.25, 0.3) is 11.3 Å². The Morgan fingerprint density at radius 3 is 2.80 bits per heavy atom. The minimum Gasteiger partial charge on any atom is -0.463 e. The maximum atomic E-state index is 10.9. The SMILES string of the molecule is Cc1nc([N+](=O)[O-])ccc1Oc1ccnc(-c2cnn(C(=O)O)c2)c1. The van der Waals surface area contributed by atoms with Gasteiger partial charge in [-0.2, -0.15) is 9.78 Å². The van der Waals surface area contributed by atoms with Crippen molar-refractivity contribution in [2.45, 2.75) is 6.92 Å². The van der Waals surface area contributed by atoms with Gasteiger partial charge < -0.3 is 20.0 Å². The molecule has 0 saturated heterocycles. The van der Waals surface area contributed by atoms with E-state index in [2.05, 4.69) is 15.1 Å². The van der Waals surface area contributed by atoms with Crippen LogP contribution in [0.1, 0.15) is 5.69 Å². The van der Waals surface area contributed by atoms with E-state index in [4.69, 9.17) is 9.84 Å². The van der Waals surface area contributed by atoms with Crippen molar-refractivity contribution < 1.29 is 19.6 Å². The van der Waals surface area contributed by atoms with Gasteiger partial charge in [-0.3, -0.25) is 4.98 Å². The van der Waals surface area contributed by atoms with Crippen molar-refractivity contribution in [2.75, 3.05) is 0 Å². The molecule has 3 aromatic heterocycles. The fraction of sp³-hybridized carbons (Fsp3) is 0.0667. The molecule has 25 heavy (non-hydrogen) atoms. The summed E-state index contributed by atoms with van der Waals surface area (Å²) in [5.41, 5.74) is 1.34. The van der Waals surface area contributed by atoms with Gasteiger partial charge in [0.15, 0.2) is 11.4 Å². The van der Waals surface area contributed by atoms with Crippen LogP contribution in [0.5, 0.6) is 11.5 Å². The number of nitro groups is 1. The lowest BCUT2D eigenvalue weighted by Crippen LogP contribution is -2.07. The predicted molar refractivity (Wildman–Crippen MR) is 84.6 cm³/mol. The van der Waals surface area contributed by atoms with E-state index in [1.165, 1.54) is 30.7 Å². The van der Waals surface area contributed by atoms with E-state index in [9.17, 15) is 14.9 Å². The third-order valence-electron chi connectivity index (χ3n) is 3.24. The Labute approximate surface area is 140 Å². The highest BCUT2D eigenvalue weighted by molar-refractivity contribution is 5.69. The molecule has 1 N–H and O–H groups in total. The van der Waals surface area contributed by atoms with Crippen molar-refractivity contribution >= 4 is 11.9 Å². The van der Waals surface area contributed by atoms with E-state index in [-0.39, 0.29) is 5.82 Å². The number of rotatable bonds is 4. The van der Waals surface area contributed by atoms with Crippen LogP contribution >= 0.6 is 0 Å². The molecule has 0 spiro atoms. The second-order valence-corrected chi connectivity index (χ2v) is 4.95. The number of pyridine rings is 2. The van der Waals surface area contributed by atoms with Crippen LogP contribution in [0.4, 0.5) is 10.6 Å². The molecule has 0 aromatic carbocycles. The van der Waals surface area contributed by atoms with Crippen LogP contribution in [-0.2, 0) is 0 Å². The number of nitrogens with zero attached hydrogens (tertiary/aromatic N) is 5. The smallest absolute Gasteiger partial charge is 0.432 e. The zero-order valence-corrected chi connectivity index (χ0v) is 12.9. The maximum Gasteiger partial charge on any atom is 0.432 e. The van der Waals surface area contributed by atoms with Crippen LogP contribution in [-0.4, -0.2) is 35.9 Å². The third-order valence-corrected chi connectivity index (χ3v) is 3.24. The molecule has 10 heteroatoms. The summed E-state index contributed by atoms with van der Waals surface area (Å²) in [4.78, 5) is 29.0. The lowest BCUT2D eigenvalue weighted by molar-refractivity contribution is -0.389. The van der Waals surface area contributed by atoms with Crippen LogP contribution in [0.2, 0.25) is 0 Å². The first kappa shape index (κ1) is 16.1. The van der Waals surface area contributed by atoms with Gasteiger partial charge in [0.2, 0.25) is 0 Å². The average Bonchev–Trinajstić information content (AvgIpc) is 3.07. The Bertz CT molecular complexity index is 968. The number of aryl methyl sites for hydroxylation is 1. The van der Waals surface area contributed by atoms with Crippen molar-refractivity contribution in [2.24, 2.45) is 0 Å². The molecule has 0 unspecified atom stereocenters. The topological polar surface area (TPSA) is 133 Å². The second-order valence-electron chi connectivity index (χ2n) is 4.95. The highest BCUT2D eigenvalue weighted by atomic mass is 16.6. The van der Waals surface area contributed by atoms with Gasteiger partial charge in [0.25, 0.3) is 0 Å². The molecule has 0 saturated carbocycles. The van der Waals surface area contributed by atoms with E-state index in [1.807, 2.05) is 0 Å². The van der Waals surface area contributed by atoms with Crippen molar-refractivity contribution in [3.8, 4) is 22.8 Å². The van der Waals surface area contributed by atoms with E-state index in [0.717, 1.165) is 4.68 Å². The van der Waals surface area contributed by atoms with Crippen LogP contribution < -0.4 is 4.74 Å². The Hall–Kier alpha value is -3.82. The van der Waals surface area contributed by atoms with E-state index in [0.29, 0.717) is 28.5 Å². The van der Waals surface area contributed by atoms with Crippen molar-refractivity contribution in [1.82, 2.24) is 19.7 Å². The summed E-state index contributed by atoms with van der Waals surface area (Å²) in [6.45, 7) is 1.60. The molecule has 0 aliphatic heterocycles. The number of ether oxygens (including phenoxy) is 1. The molecular weight excluding hydrogens is 330 g/mol. The van der Waals surface area contributed by atoms with E-state index < -0.39 is 11.0 Å². The van der Waals surface area contributed by atoms with Gasteiger partial charge in [-0.25, -0.2) is 4.79 Å². The molecule has 0 atom stereocenters. The molecule has 3 rings (SSSR count). The lowest BCUT2D eigenvalue weighted by Gasteiger charge is -2.07. The van der Waals surface area contributed by atoms with Crippen LogP contribution in [0, 0.1) is 17.0 Å². The highest BCUT2D eigenvalue weighted by Crippen LogP contribution is 2.28. The van der Waals surface area contributed by atoms with Crippen molar-refractivity contribution in [3.05, 3.63) is 58.7 Å². The number of carboxylic acid groups (broad SMARTS) is 1. The first-order valence-electron chi connectivity index (χ1n) is 6.98. The molecule has 0 aliphatic carbocycles. The van der Waals surface area contributed by atoms with Gasteiger partial charge in [0.1, 0.15) is 5.75 Å². The third kappa shape index (κ3) is 3.42. The summed E-state index contributed by atoms with van der Waals surface area (Å²) in [5, 5.41) is 23.3. The number of aromatic nitrogens is 4. The molecule has 10 nitrogen and oxygen atoms in total. The highest BCUT2D eigenvalue weighted by Gasteiger charge is 2.14. The zero-order chi connectivity index (χ0) is 18.0. The molecular formula is C15H11N5O5. The molecule has 3 aromatic rings. The second kappa shape index (κ2) is 6.35. The first-order chi connectivity index (χ1) is 11.9. The standard InChI is InChI=1S/C15H11N5O5/c1-9-13(2-3-14(18-9)20(23)24)25-11-4-5-16-12(6-11)10-7-17-19(8-10)15(21)22/h2-8H,1H3,(H,21,22). The van der Waals surface area contributed by atoms with Gasteiger partial charge in [-0.1, -0.05) is 0 Å². The predicted octanol–water partition coefficient (Wildman–Crippen LogP) is 2.88. The molecule has 0 fully saturated rings. The minimum absolute atomic E-state index is 0.263. The molecule has 0 bridgehead atoms. The average molecular weight is 341 g/mol. The van der Waals surface area contributed by atoms with Gasteiger partial charge >= 0.3 is 11.9 Å². The summed E-state index contributed by atoms with van der Waals surface area (Å²) in [6, 6.07) is 5.92. The van der Waals surface area contributed by atoms with Gasteiger partial charge in [-0.15, -0.1) is 0 Å². The number of hydrogen-bond acceptors (Lipinski definition) is 7. The fourth-order valence-corrected chi connectivity index (χ4v) is 2.06.